The van der Waals surface area contributed by atoms with Crippen LogP contribution < -0.4 is 15.8 Å². The maximum absolute atomic E-state index is 5.87. The summed E-state index contributed by atoms with van der Waals surface area (Å²) in [4.78, 5) is 0. The first-order valence-corrected chi connectivity index (χ1v) is 6.78. The number of anilines is 2. The summed E-state index contributed by atoms with van der Waals surface area (Å²) in [7, 11) is 1.96. The largest absolute Gasteiger partial charge is 0.492 e. The highest BCUT2D eigenvalue weighted by Crippen LogP contribution is 2.26. The molecule has 0 saturated carbocycles. The zero-order valence-corrected chi connectivity index (χ0v) is 12.5. The summed E-state index contributed by atoms with van der Waals surface area (Å²) in [5.74, 6) is 0.720. The molecule has 0 bridgehead atoms. The third-order valence-corrected chi connectivity index (χ3v) is 3.44. The monoisotopic (exact) mass is 274 g/mol. The number of nitrogen functional groups attached to an aromatic ring is 1. The van der Waals surface area contributed by atoms with Gasteiger partial charge in [-0.3, -0.25) is 4.68 Å². The highest BCUT2D eigenvalue weighted by molar-refractivity contribution is 5.61. The van der Waals surface area contributed by atoms with E-state index in [0.717, 1.165) is 23.7 Å². The summed E-state index contributed by atoms with van der Waals surface area (Å²) in [6.45, 7) is 7.39. The average Bonchev–Trinajstić information content (AvgIpc) is 2.65. The number of benzene rings is 1. The molecule has 0 spiro atoms. The van der Waals surface area contributed by atoms with Gasteiger partial charge in [-0.05, 0) is 32.9 Å². The van der Waals surface area contributed by atoms with E-state index in [9.17, 15) is 0 Å². The first-order chi connectivity index (χ1) is 9.52. The molecule has 0 amide bonds. The zero-order chi connectivity index (χ0) is 14.7. The Kier molecular flexibility index (Phi) is 4.17. The number of aryl methyl sites for hydroxylation is 2. The Morgan fingerprint density at radius 2 is 2.10 bits per heavy atom. The van der Waals surface area contributed by atoms with Crippen molar-refractivity contribution in [1.29, 1.82) is 0 Å². The van der Waals surface area contributed by atoms with Crippen molar-refractivity contribution in [1.82, 2.24) is 9.78 Å². The van der Waals surface area contributed by atoms with Crippen molar-refractivity contribution in [2.45, 2.75) is 27.3 Å². The number of hydrogen-bond acceptors (Lipinski definition) is 4. The summed E-state index contributed by atoms with van der Waals surface area (Å²) < 4.78 is 7.40. The van der Waals surface area contributed by atoms with Gasteiger partial charge in [-0.15, -0.1) is 0 Å². The molecular formula is C15H22N4O. The van der Waals surface area contributed by atoms with Crippen LogP contribution >= 0.6 is 0 Å². The van der Waals surface area contributed by atoms with Crippen LogP contribution in [0.15, 0.2) is 18.2 Å². The molecule has 1 aromatic carbocycles. The predicted molar refractivity (Wildman–Crippen MR) is 82.0 cm³/mol. The average molecular weight is 274 g/mol. The van der Waals surface area contributed by atoms with Crippen molar-refractivity contribution in [2.75, 3.05) is 17.7 Å². The first-order valence-electron chi connectivity index (χ1n) is 6.78. The van der Waals surface area contributed by atoms with E-state index in [1.807, 2.05) is 43.8 Å². The van der Waals surface area contributed by atoms with Crippen LogP contribution in [-0.2, 0) is 13.6 Å². The summed E-state index contributed by atoms with van der Waals surface area (Å²) in [5, 5.41) is 7.81. The van der Waals surface area contributed by atoms with Gasteiger partial charge in [-0.2, -0.15) is 5.10 Å². The lowest BCUT2D eigenvalue weighted by molar-refractivity contribution is 0.342. The summed E-state index contributed by atoms with van der Waals surface area (Å²) in [6.07, 6.45) is 0. The second-order valence-electron chi connectivity index (χ2n) is 4.81. The van der Waals surface area contributed by atoms with Gasteiger partial charge in [0, 0.05) is 36.6 Å². The van der Waals surface area contributed by atoms with Gasteiger partial charge < -0.3 is 15.8 Å². The molecule has 0 aliphatic rings. The van der Waals surface area contributed by atoms with Crippen LogP contribution in [0.2, 0.25) is 0 Å². The first kappa shape index (κ1) is 14.2. The Morgan fingerprint density at radius 1 is 1.35 bits per heavy atom. The van der Waals surface area contributed by atoms with E-state index in [1.54, 1.807) is 0 Å². The van der Waals surface area contributed by atoms with Gasteiger partial charge in [0.2, 0.25) is 0 Å². The van der Waals surface area contributed by atoms with Crippen LogP contribution in [-0.4, -0.2) is 16.4 Å². The number of rotatable bonds is 5. The molecular weight excluding hydrogens is 252 g/mol. The standard InChI is InChI=1S/C15H22N4O/c1-5-20-15-8-12(6-7-14(15)16)17-9-13-10(2)18-19(4)11(13)3/h6-8,17H,5,9,16H2,1-4H3. The zero-order valence-electron chi connectivity index (χ0n) is 12.5. The third-order valence-electron chi connectivity index (χ3n) is 3.44. The Hall–Kier alpha value is -2.17. The van der Waals surface area contributed by atoms with Crippen LogP contribution in [0.1, 0.15) is 23.9 Å². The molecule has 2 aromatic rings. The van der Waals surface area contributed by atoms with Crippen molar-refractivity contribution in [3.05, 3.63) is 35.2 Å². The molecule has 108 valence electrons. The van der Waals surface area contributed by atoms with Crippen molar-refractivity contribution in [3.8, 4) is 5.75 Å². The predicted octanol–water partition coefficient (Wildman–Crippen LogP) is 2.63. The molecule has 3 N–H and O–H groups in total. The molecule has 0 atom stereocenters. The number of aromatic nitrogens is 2. The molecule has 0 aliphatic carbocycles. The van der Waals surface area contributed by atoms with Crippen LogP contribution in [0, 0.1) is 13.8 Å². The maximum Gasteiger partial charge on any atom is 0.144 e. The van der Waals surface area contributed by atoms with Crippen LogP contribution in [0.25, 0.3) is 0 Å². The Bertz CT molecular complexity index is 604. The fourth-order valence-corrected chi connectivity index (χ4v) is 2.19. The minimum Gasteiger partial charge on any atom is -0.492 e. The molecule has 1 aromatic heterocycles. The Balaban J connectivity index is 2.13. The highest BCUT2D eigenvalue weighted by Gasteiger charge is 2.09. The number of ether oxygens (including phenoxy) is 1. The number of nitrogens with two attached hydrogens (primary N) is 1. The Labute approximate surface area is 119 Å². The van der Waals surface area contributed by atoms with E-state index in [1.165, 1.54) is 11.3 Å². The van der Waals surface area contributed by atoms with Gasteiger partial charge in [0.1, 0.15) is 5.75 Å². The molecule has 0 radical (unpaired) electrons. The molecule has 0 aliphatic heterocycles. The molecule has 1 heterocycles. The van der Waals surface area contributed by atoms with E-state index in [-0.39, 0.29) is 0 Å². The van der Waals surface area contributed by atoms with Crippen LogP contribution in [0.4, 0.5) is 11.4 Å². The van der Waals surface area contributed by atoms with Gasteiger partial charge in [0.25, 0.3) is 0 Å². The minimum absolute atomic E-state index is 0.606. The van der Waals surface area contributed by atoms with Crippen molar-refractivity contribution in [2.24, 2.45) is 7.05 Å². The molecule has 5 heteroatoms. The summed E-state index contributed by atoms with van der Waals surface area (Å²) >= 11 is 0. The smallest absolute Gasteiger partial charge is 0.144 e. The lowest BCUT2D eigenvalue weighted by Crippen LogP contribution is -2.03. The SMILES string of the molecule is CCOc1cc(NCc2c(C)nn(C)c2C)ccc1N. The molecule has 5 nitrogen and oxygen atoms in total. The normalized spacial score (nSPS) is 10.6. The number of nitrogens with zero attached hydrogens (tertiary/aromatic N) is 2. The topological polar surface area (TPSA) is 65.1 Å². The van der Waals surface area contributed by atoms with Gasteiger partial charge >= 0.3 is 0 Å². The summed E-state index contributed by atoms with van der Waals surface area (Å²) in [5.41, 5.74) is 11.0. The van der Waals surface area contributed by atoms with Crippen molar-refractivity contribution < 1.29 is 4.74 Å². The molecule has 0 unspecified atom stereocenters. The van der Waals surface area contributed by atoms with Crippen molar-refractivity contribution >= 4 is 11.4 Å². The lowest BCUT2D eigenvalue weighted by atomic mass is 10.2. The molecule has 0 fully saturated rings. The number of hydrogen-bond donors (Lipinski definition) is 2. The van der Waals surface area contributed by atoms with E-state index < -0.39 is 0 Å². The minimum atomic E-state index is 0.606. The van der Waals surface area contributed by atoms with Crippen molar-refractivity contribution in [3.63, 3.8) is 0 Å². The van der Waals surface area contributed by atoms with Crippen LogP contribution in [0.3, 0.4) is 0 Å². The molecule has 20 heavy (non-hydrogen) atoms. The van der Waals surface area contributed by atoms with E-state index in [4.69, 9.17) is 10.5 Å². The van der Waals surface area contributed by atoms with E-state index in [0.29, 0.717) is 12.3 Å². The van der Waals surface area contributed by atoms with Crippen LogP contribution in [0.5, 0.6) is 5.75 Å². The third kappa shape index (κ3) is 2.87. The van der Waals surface area contributed by atoms with Gasteiger partial charge in [-0.1, -0.05) is 0 Å². The molecule has 2 rings (SSSR count). The van der Waals surface area contributed by atoms with E-state index in [2.05, 4.69) is 17.3 Å². The lowest BCUT2D eigenvalue weighted by Gasteiger charge is -2.11. The Morgan fingerprint density at radius 3 is 2.70 bits per heavy atom. The van der Waals surface area contributed by atoms with Gasteiger partial charge in [0.15, 0.2) is 0 Å². The second-order valence-corrected chi connectivity index (χ2v) is 4.81. The highest BCUT2D eigenvalue weighted by atomic mass is 16.5. The molecule has 0 saturated heterocycles. The fourth-order valence-electron chi connectivity index (χ4n) is 2.19. The van der Waals surface area contributed by atoms with Gasteiger partial charge in [-0.25, -0.2) is 0 Å². The second kappa shape index (κ2) is 5.86. The maximum atomic E-state index is 5.87. The number of nitrogens with one attached hydrogen (secondary N) is 1. The van der Waals surface area contributed by atoms with E-state index >= 15 is 0 Å². The fraction of sp³-hybridized carbons (Fsp3) is 0.400. The quantitative estimate of drug-likeness (QED) is 0.823. The van der Waals surface area contributed by atoms with Gasteiger partial charge in [0.05, 0.1) is 18.0 Å². The summed E-state index contributed by atoms with van der Waals surface area (Å²) in [6, 6.07) is 5.75.